The first-order valence-corrected chi connectivity index (χ1v) is 5.54. The molecule has 5 nitrogen and oxygen atoms in total. The van der Waals surface area contributed by atoms with Crippen LogP contribution in [0, 0.1) is 6.92 Å². The van der Waals surface area contributed by atoms with Crippen LogP contribution in [0.2, 0.25) is 0 Å². The standard InChI is InChI=1S/C10H18N4OS/c1-8-9(7-14(2)13-8)6-12-10(16)11-4-5-15-3/h7H,4-6H2,1-3H3,(H2,11,12,16). The molecule has 2 N–H and O–H groups in total. The van der Waals surface area contributed by atoms with Gasteiger partial charge in [0.2, 0.25) is 0 Å². The minimum absolute atomic E-state index is 0.639. The van der Waals surface area contributed by atoms with Crippen LogP contribution in [-0.2, 0) is 18.3 Å². The quantitative estimate of drug-likeness (QED) is 0.576. The number of nitrogens with zero attached hydrogens (tertiary/aromatic N) is 2. The molecule has 0 atom stereocenters. The fourth-order valence-electron chi connectivity index (χ4n) is 1.33. The van der Waals surface area contributed by atoms with Crippen LogP contribution in [0.25, 0.3) is 0 Å². The summed E-state index contributed by atoms with van der Waals surface area (Å²) in [5.41, 5.74) is 2.17. The molecule has 0 bridgehead atoms. The number of hydrogen-bond acceptors (Lipinski definition) is 3. The number of ether oxygens (including phenoxy) is 1. The van der Waals surface area contributed by atoms with Gasteiger partial charge in [-0.1, -0.05) is 0 Å². The molecule has 1 aromatic heterocycles. The van der Waals surface area contributed by atoms with E-state index in [2.05, 4.69) is 15.7 Å². The number of thiocarbonyl (C=S) groups is 1. The van der Waals surface area contributed by atoms with E-state index in [-0.39, 0.29) is 0 Å². The van der Waals surface area contributed by atoms with Crippen molar-refractivity contribution in [1.29, 1.82) is 0 Å². The summed E-state index contributed by atoms with van der Waals surface area (Å²) in [5.74, 6) is 0. The van der Waals surface area contributed by atoms with Crippen molar-refractivity contribution in [2.24, 2.45) is 7.05 Å². The van der Waals surface area contributed by atoms with Crippen molar-refractivity contribution in [2.75, 3.05) is 20.3 Å². The molecule has 0 unspecified atom stereocenters. The van der Waals surface area contributed by atoms with E-state index in [9.17, 15) is 0 Å². The molecule has 0 aliphatic carbocycles. The zero-order valence-corrected chi connectivity index (χ0v) is 10.7. The van der Waals surface area contributed by atoms with Gasteiger partial charge in [-0.15, -0.1) is 0 Å². The lowest BCUT2D eigenvalue weighted by atomic mass is 10.3. The Morgan fingerprint density at radius 1 is 1.56 bits per heavy atom. The van der Waals surface area contributed by atoms with Crippen molar-refractivity contribution in [3.05, 3.63) is 17.5 Å². The van der Waals surface area contributed by atoms with Gasteiger partial charge in [-0.05, 0) is 19.1 Å². The molecule has 1 heterocycles. The van der Waals surface area contributed by atoms with Crippen molar-refractivity contribution < 1.29 is 4.74 Å². The third-order valence-electron chi connectivity index (χ3n) is 2.15. The van der Waals surface area contributed by atoms with Gasteiger partial charge in [-0.3, -0.25) is 4.68 Å². The highest BCUT2D eigenvalue weighted by atomic mass is 32.1. The van der Waals surface area contributed by atoms with Gasteiger partial charge in [0.05, 0.1) is 12.3 Å². The topological polar surface area (TPSA) is 51.1 Å². The van der Waals surface area contributed by atoms with E-state index < -0.39 is 0 Å². The second kappa shape index (κ2) is 6.44. The normalized spacial score (nSPS) is 10.2. The largest absolute Gasteiger partial charge is 0.383 e. The van der Waals surface area contributed by atoms with Gasteiger partial charge in [0.25, 0.3) is 0 Å². The van der Waals surface area contributed by atoms with Crippen LogP contribution in [0.15, 0.2) is 6.20 Å². The van der Waals surface area contributed by atoms with E-state index in [1.54, 1.807) is 11.8 Å². The Balaban J connectivity index is 2.29. The van der Waals surface area contributed by atoms with Gasteiger partial charge in [0.1, 0.15) is 0 Å². The molecule has 0 aliphatic rings. The van der Waals surface area contributed by atoms with E-state index in [1.165, 1.54) is 0 Å². The fourth-order valence-corrected chi connectivity index (χ4v) is 1.50. The van der Waals surface area contributed by atoms with E-state index >= 15 is 0 Å². The summed E-state index contributed by atoms with van der Waals surface area (Å²) in [5, 5.41) is 11.1. The Morgan fingerprint density at radius 3 is 2.88 bits per heavy atom. The molecule has 0 radical (unpaired) electrons. The molecular weight excluding hydrogens is 224 g/mol. The number of hydrogen-bond donors (Lipinski definition) is 2. The number of aryl methyl sites for hydroxylation is 2. The van der Waals surface area contributed by atoms with Crippen LogP contribution < -0.4 is 10.6 Å². The Hall–Kier alpha value is -1.14. The molecule has 1 aromatic rings. The lowest BCUT2D eigenvalue weighted by Crippen LogP contribution is -2.36. The van der Waals surface area contributed by atoms with Gasteiger partial charge >= 0.3 is 0 Å². The molecule has 0 aromatic carbocycles. The van der Waals surface area contributed by atoms with Crippen LogP contribution in [0.5, 0.6) is 0 Å². The van der Waals surface area contributed by atoms with Crippen LogP contribution >= 0.6 is 12.2 Å². The van der Waals surface area contributed by atoms with Crippen LogP contribution in [0.3, 0.4) is 0 Å². The van der Waals surface area contributed by atoms with Crippen LogP contribution in [-0.4, -0.2) is 35.2 Å². The van der Waals surface area contributed by atoms with E-state index in [1.807, 2.05) is 20.2 Å². The van der Waals surface area contributed by atoms with Crippen LogP contribution in [0.1, 0.15) is 11.3 Å². The molecule has 0 aliphatic heterocycles. The van der Waals surface area contributed by atoms with E-state index in [0.29, 0.717) is 24.8 Å². The maximum Gasteiger partial charge on any atom is 0.166 e. The van der Waals surface area contributed by atoms with Crippen molar-refractivity contribution >= 4 is 17.3 Å². The summed E-state index contributed by atoms with van der Waals surface area (Å²) in [6.07, 6.45) is 1.99. The second-order valence-electron chi connectivity index (χ2n) is 3.52. The van der Waals surface area contributed by atoms with E-state index in [4.69, 9.17) is 17.0 Å². The maximum absolute atomic E-state index is 5.11. The van der Waals surface area contributed by atoms with Gasteiger partial charge in [0, 0.05) is 39.0 Å². The van der Waals surface area contributed by atoms with Crippen molar-refractivity contribution in [2.45, 2.75) is 13.5 Å². The highest BCUT2D eigenvalue weighted by Crippen LogP contribution is 2.03. The van der Waals surface area contributed by atoms with Gasteiger partial charge < -0.3 is 15.4 Å². The Labute approximate surface area is 101 Å². The Bertz CT molecular complexity index is 351. The SMILES string of the molecule is COCCNC(=S)NCc1cn(C)nc1C. The summed E-state index contributed by atoms with van der Waals surface area (Å²) in [6, 6.07) is 0. The molecule has 0 saturated carbocycles. The van der Waals surface area contributed by atoms with Crippen molar-refractivity contribution in [1.82, 2.24) is 20.4 Å². The zero-order chi connectivity index (χ0) is 12.0. The third kappa shape index (κ3) is 4.16. The van der Waals surface area contributed by atoms with Gasteiger partial charge in [-0.2, -0.15) is 5.10 Å². The molecule has 1 rings (SSSR count). The molecule has 0 spiro atoms. The maximum atomic E-state index is 5.11. The first-order valence-electron chi connectivity index (χ1n) is 5.13. The molecule has 6 heteroatoms. The third-order valence-corrected chi connectivity index (χ3v) is 2.43. The van der Waals surface area contributed by atoms with Crippen molar-refractivity contribution in [3.63, 3.8) is 0 Å². The lowest BCUT2D eigenvalue weighted by molar-refractivity contribution is 0.204. The molecule has 90 valence electrons. The highest BCUT2D eigenvalue weighted by Gasteiger charge is 2.03. The lowest BCUT2D eigenvalue weighted by Gasteiger charge is -2.09. The predicted octanol–water partition coefficient (Wildman–Crippen LogP) is 0.339. The second-order valence-corrected chi connectivity index (χ2v) is 3.92. The highest BCUT2D eigenvalue weighted by molar-refractivity contribution is 7.80. The monoisotopic (exact) mass is 242 g/mol. The summed E-state index contributed by atoms with van der Waals surface area (Å²) >= 11 is 5.11. The van der Waals surface area contributed by atoms with Crippen LogP contribution in [0.4, 0.5) is 0 Å². The minimum atomic E-state index is 0.639. The van der Waals surface area contributed by atoms with Gasteiger partial charge in [-0.25, -0.2) is 0 Å². The molecular formula is C10H18N4OS. The smallest absolute Gasteiger partial charge is 0.166 e. The predicted molar refractivity (Wildman–Crippen MR) is 67.3 cm³/mol. The molecule has 0 saturated heterocycles. The number of rotatable bonds is 5. The van der Waals surface area contributed by atoms with Gasteiger partial charge in [0.15, 0.2) is 5.11 Å². The zero-order valence-electron chi connectivity index (χ0n) is 9.91. The first-order chi connectivity index (χ1) is 7.63. The summed E-state index contributed by atoms with van der Waals surface area (Å²) in [7, 11) is 3.57. The molecule has 0 amide bonds. The fraction of sp³-hybridized carbons (Fsp3) is 0.600. The average molecular weight is 242 g/mol. The van der Waals surface area contributed by atoms with E-state index in [0.717, 1.165) is 11.3 Å². The Kier molecular flexibility index (Phi) is 5.21. The molecule has 16 heavy (non-hydrogen) atoms. The summed E-state index contributed by atoms with van der Waals surface area (Å²) < 4.78 is 6.71. The first kappa shape index (κ1) is 12.9. The number of methoxy groups -OCH3 is 1. The summed E-state index contributed by atoms with van der Waals surface area (Å²) in [6.45, 7) is 4.04. The number of nitrogens with one attached hydrogen (secondary N) is 2. The summed E-state index contributed by atoms with van der Waals surface area (Å²) in [4.78, 5) is 0. The molecule has 0 fully saturated rings. The average Bonchev–Trinajstić information content (AvgIpc) is 2.55. The van der Waals surface area contributed by atoms with Crippen molar-refractivity contribution in [3.8, 4) is 0 Å². The minimum Gasteiger partial charge on any atom is -0.383 e. The Morgan fingerprint density at radius 2 is 2.31 bits per heavy atom. The number of aromatic nitrogens is 2.